The summed E-state index contributed by atoms with van der Waals surface area (Å²) in [5.74, 6) is 0.180. The molecule has 0 aliphatic heterocycles. The number of methoxy groups -OCH3 is 3. The number of hydrogen-bond acceptors (Lipinski definition) is 6. The highest BCUT2D eigenvalue weighted by Gasteiger charge is 2.14. The molecule has 2 aromatic carbocycles. The molecule has 3 aromatic rings. The molecule has 0 saturated carbocycles. The first kappa shape index (κ1) is 22.6. The number of carbonyl (C=O) groups is 2. The van der Waals surface area contributed by atoms with Crippen LogP contribution in [-0.4, -0.2) is 44.0 Å². The fourth-order valence-corrected chi connectivity index (χ4v) is 3.41. The lowest BCUT2D eigenvalue weighted by Gasteiger charge is -2.11. The molecule has 166 valence electrons. The Balaban J connectivity index is 1.81. The van der Waals surface area contributed by atoms with E-state index in [1.54, 1.807) is 49.7 Å². The number of nitrogens with one attached hydrogen (secondary N) is 1. The lowest BCUT2D eigenvalue weighted by Crippen LogP contribution is -2.18. The third-order valence-electron chi connectivity index (χ3n) is 5.02. The zero-order chi connectivity index (χ0) is 23.3. The summed E-state index contributed by atoms with van der Waals surface area (Å²) in [6.45, 7) is 3.89. The van der Waals surface area contributed by atoms with Crippen molar-refractivity contribution in [2.24, 2.45) is 5.10 Å². The van der Waals surface area contributed by atoms with Gasteiger partial charge in [-0.25, -0.2) is 10.2 Å². The van der Waals surface area contributed by atoms with Gasteiger partial charge in [0.15, 0.2) is 0 Å². The van der Waals surface area contributed by atoms with E-state index in [0.717, 1.165) is 22.6 Å². The van der Waals surface area contributed by atoms with E-state index in [1.807, 2.05) is 30.5 Å². The van der Waals surface area contributed by atoms with E-state index in [0.29, 0.717) is 22.6 Å². The van der Waals surface area contributed by atoms with Crippen LogP contribution in [0.2, 0.25) is 0 Å². The molecular weight excluding hydrogens is 410 g/mol. The molecule has 1 N–H and O–H groups in total. The van der Waals surface area contributed by atoms with Crippen molar-refractivity contribution in [2.45, 2.75) is 13.8 Å². The zero-order valence-electron chi connectivity index (χ0n) is 18.6. The van der Waals surface area contributed by atoms with Gasteiger partial charge in [-0.2, -0.15) is 5.10 Å². The van der Waals surface area contributed by atoms with E-state index in [1.165, 1.54) is 14.2 Å². The molecular formula is C24H25N3O5. The first-order valence-corrected chi connectivity index (χ1v) is 9.82. The van der Waals surface area contributed by atoms with Crippen LogP contribution in [0.1, 0.15) is 37.7 Å². The van der Waals surface area contributed by atoms with Gasteiger partial charge in [-0.1, -0.05) is 6.07 Å². The average Bonchev–Trinajstić information content (AvgIpc) is 3.10. The van der Waals surface area contributed by atoms with Crippen molar-refractivity contribution in [1.29, 1.82) is 0 Å². The van der Waals surface area contributed by atoms with Gasteiger partial charge in [0, 0.05) is 28.7 Å². The van der Waals surface area contributed by atoms with Crippen LogP contribution in [-0.2, 0) is 4.74 Å². The maximum absolute atomic E-state index is 12.5. The lowest BCUT2D eigenvalue weighted by molar-refractivity contribution is 0.0600. The topological polar surface area (TPSA) is 91.2 Å². The second-order valence-electron chi connectivity index (χ2n) is 6.97. The molecule has 0 aliphatic carbocycles. The van der Waals surface area contributed by atoms with Gasteiger partial charge < -0.3 is 18.8 Å². The Kier molecular flexibility index (Phi) is 6.94. The second kappa shape index (κ2) is 9.82. The van der Waals surface area contributed by atoms with E-state index in [4.69, 9.17) is 14.2 Å². The van der Waals surface area contributed by atoms with Crippen LogP contribution in [0.25, 0.3) is 5.69 Å². The van der Waals surface area contributed by atoms with Gasteiger partial charge in [-0.3, -0.25) is 4.79 Å². The maximum atomic E-state index is 12.5. The molecule has 0 radical (unpaired) electrons. The first-order chi connectivity index (χ1) is 15.4. The molecule has 32 heavy (non-hydrogen) atoms. The summed E-state index contributed by atoms with van der Waals surface area (Å²) in [5, 5.41) is 4.11. The lowest BCUT2D eigenvalue weighted by atomic mass is 10.2. The van der Waals surface area contributed by atoms with Gasteiger partial charge in [0.1, 0.15) is 11.5 Å². The molecule has 8 heteroatoms. The summed E-state index contributed by atoms with van der Waals surface area (Å²) >= 11 is 0. The number of ether oxygens (including phenoxy) is 3. The molecule has 1 heterocycles. The number of benzene rings is 2. The van der Waals surface area contributed by atoms with E-state index < -0.39 is 11.9 Å². The summed E-state index contributed by atoms with van der Waals surface area (Å²) in [6.07, 6.45) is 1.58. The van der Waals surface area contributed by atoms with Crippen molar-refractivity contribution in [3.8, 4) is 17.2 Å². The van der Waals surface area contributed by atoms with E-state index in [2.05, 4.69) is 10.5 Å². The molecule has 0 bridgehead atoms. The SMILES string of the molecule is COC(=O)c1cccc(-n2c(C)cc(/C=N\NC(=O)c3ccc(OC)cc3OC)c2C)c1. The van der Waals surface area contributed by atoms with E-state index in [-0.39, 0.29) is 0 Å². The van der Waals surface area contributed by atoms with Crippen LogP contribution >= 0.6 is 0 Å². The molecule has 0 fully saturated rings. The average molecular weight is 435 g/mol. The highest BCUT2D eigenvalue weighted by molar-refractivity contribution is 5.97. The van der Waals surface area contributed by atoms with Crippen LogP contribution in [0.4, 0.5) is 0 Å². The number of amides is 1. The maximum Gasteiger partial charge on any atom is 0.337 e. The van der Waals surface area contributed by atoms with Gasteiger partial charge in [0.25, 0.3) is 5.91 Å². The Labute approximate surface area is 186 Å². The van der Waals surface area contributed by atoms with Gasteiger partial charge in [0.05, 0.1) is 38.7 Å². The number of hydrazone groups is 1. The first-order valence-electron chi connectivity index (χ1n) is 9.82. The number of aromatic nitrogens is 1. The molecule has 1 aromatic heterocycles. The van der Waals surface area contributed by atoms with Gasteiger partial charge in [-0.05, 0) is 50.2 Å². The molecule has 8 nitrogen and oxygen atoms in total. The largest absolute Gasteiger partial charge is 0.497 e. The van der Waals surface area contributed by atoms with Crippen LogP contribution in [0.5, 0.6) is 11.5 Å². The molecule has 1 amide bonds. The molecule has 0 atom stereocenters. The number of hydrogen-bond donors (Lipinski definition) is 1. The van der Waals surface area contributed by atoms with Crippen molar-refractivity contribution in [2.75, 3.05) is 21.3 Å². The molecule has 3 rings (SSSR count). The third-order valence-corrected chi connectivity index (χ3v) is 5.02. The monoisotopic (exact) mass is 435 g/mol. The Morgan fingerprint density at radius 2 is 1.78 bits per heavy atom. The van der Waals surface area contributed by atoms with Gasteiger partial charge in [-0.15, -0.1) is 0 Å². The van der Waals surface area contributed by atoms with Crippen molar-refractivity contribution >= 4 is 18.1 Å². The fraction of sp³-hybridized carbons (Fsp3) is 0.208. The number of carbonyl (C=O) groups excluding carboxylic acids is 2. The summed E-state index contributed by atoms with van der Waals surface area (Å²) in [5.41, 5.74) is 6.85. The van der Waals surface area contributed by atoms with E-state index in [9.17, 15) is 9.59 Å². The summed E-state index contributed by atoms with van der Waals surface area (Å²) in [4.78, 5) is 24.4. The second-order valence-corrected chi connectivity index (χ2v) is 6.97. The minimum atomic E-state index is -0.402. The molecule has 0 saturated heterocycles. The minimum absolute atomic E-state index is 0.343. The fourth-order valence-electron chi connectivity index (χ4n) is 3.41. The minimum Gasteiger partial charge on any atom is -0.497 e. The number of rotatable bonds is 7. The van der Waals surface area contributed by atoms with Gasteiger partial charge >= 0.3 is 5.97 Å². The normalized spacial score (nSPS) is 10.8. The van der Waals surface area contributed by atoms with Crippen molar-refractivity contribution in [1.82, 2.24) is 9.99 Å². The zero-order valence-corrected chi connectivity index (χ0v) is 18.6. The predicted molar refractivity (Wildman–Crippen MR) is 121 cm³/mol. The van der Waals surface area contributed by atoms with E-state index >= 15 is 0 Å². The summed E-state index contributed by atoms with van der Waals surface area (Å²) in [7, 11) is 4.38. The van der Waals surface area contributed by atoms with Crippen molar-refractivity contribution < 1.29 is 23.8 Å². The Morgan fingerprint density at radius 3 is 2.47 bits per heavy atom. The van der Waals surface area contributed by atoms with Crippen molar-refractivity contribution in [3.05, 3.63) is 76.6 Å². The molecule has 0 unspecified atom stereocenters. The van der Waals surface area contributed by atoms with Crippen LogP contribution in [0.15, 0.2) is 53.6 Å². The van der Waals surface area contributed by atoms with Crippen molar-refractivity contribution in [3.63, 3.8) is 0 Å². The number of nitrogens with zero attached hydrogens (tertiary/aromatic N) is 2. The van der Waals surface area contributed by atoms with Crippen LogP contribution in [0, 0.1) is 13.8 Å². The standard InChI is InChI=1S/C24H25N3O5/c1-15-11-18(16(2)27(15)19-8-6-7-17(12-19)24(29)32-5)14-25-26-23(28)21-10-9-20(30-3)13-22(21)31-4/h6-14H,1-5H3,(H,26,28)/b25-14-. The Bertz CT molecular complexity index is 1180. The van der Waals surface area contributed by atoms with Crippen LogP contribution in [0.3, 0.4) is 0 Å². The highest BCUT2D eigenvalue weighted by atomic mass is 16.5. The summed E-state index contributed by atoms with van der Waals surface area (Å²) < 4.78 is 17.2. The quantitative estimate of drug-likeness (QED) is 0.347. The van der Waals surface area contributed by atoms with Gasteiger partial charge in [0.2, 0.25) is 0 Å². The molecule has 0 spiro atoms. The highest BCUT2D eigenvalue weighted by Crippen LogP contribution is 2.24. The predicted octanol–water partition coefficient (Wildman–Crippen LogP) is 3.66. The smallest absolute Gasteiger partial charge is 0.337 e. The number of esters is 1. The third kappa shape index (κ3) is 4.64. The van der Waals surface area contributed by atoms with Crippen LogP contribution < -0.4 is 14.9 Å². The summed E-state index contributed by atoms with van der Waals surface area (Å²) in [6, 6.07) is 14.1. The Hall–Kier alpha value is -4.07. The molecule has 0 aliphatic rings. The number of aryl methyl sites for hydroxylation is 1. The Morgan fingerprint density at radius 1 is 1.00 bits per heavy atom.